The summed E-state index contributed by atoms with van der Waals surface area (Å²) in [5.41, 5.74) is 6.75. The Morgan fingerprint density at radius 1 is 1.44 bits per heavy atom. The maximum atomic E-state index is 10.8. The number of primary amides is 1. The van der Waals surface area contributed by atoms with Crippen LogP contribution < -0.4 is 11.1 Å². The zero-order valence-electron chi connectivity index (χ0n) is 8.51. The number of rotatable bonds is 4. The molecule has 0 bridgehead atoms. The Morgan fingerprint density at radius 2 is 2.31 bits per heavy atom. The molecule has 0 spiro atoms. The second-order valence-electron chi connectivity index (χ2n) is 3.28. The van der Waals surface area contributed by atoms with Crippen molar-refractivity contribution in [3.8, 4) is 0 Å². The van der Waals surface area contributed by atoms with Crippen molar-refractivity contribution in [1.29, 1.82) is 0 Å². The lowest BCUT2D eigenvalue weighted by Gasteiger charge is -2.04. The van der Waals surface area contributed by atoms with Gasteiger partial charge in [0.1, 0.15) is 5.82 Å². The van der Waals surface area contributed by atoms with E-state index < -0.39 is 5.91 Å². The second-order valence-corrected chi connectivity index (χ2v) is 4.06. The molecule has 0 aromatic carbocycles. The molecular weight excluding hydrogens is 222 g/mol. The standard InChI is InChI=1S/C11H11N3OS/c12-11(15)9-1-2-10(14-6-9)13-5-8-3-4-16-7-8/h1-4,6-7H,5H2,(H2,12,15)(H,13,14). The molecule has 16 heavy (non-hydrogen) atoms. The molecular formula is C11H11N3OS. The quantitative estimate of drug-likeness (QED) is 0.846. The van der Waals surface area contributed by atoms with E-state index in [1.807, 2.05) is 5.38 Å². The Hall–Kier alpha value is -1.88. The first-order chi connectivity index (χ1) is 7.75. The topological polar surface area (TPSA) is 68.0 Å². The third kappa shape index (κ3) is 2.58. The molecule has 0 aliphatic rings. The van der Waals surface area contributed by atoms with Crippen molar-refractivity contribution in [2.45, 2.75) is 6.54 Å². The van der Waals surface area contributed by atoms with Gasteiger partial charge in [0.2, 0.25) is 5.91 Å². The number of carbonyl (C=O) groups excluding carboxylic acids is 1. The number of carbonyl (C=O) groups is 1. The molecule has 1 amide bonds. The zero-order valence-corrected chi connectivity index (χ0v) is 9.33. The van der Waals surface area contributed by atoms with E-state index in [9.17, 15) is 4.79 Å². The highest BCUT2D eigenvalue weighted by Gasteiger charge is 2.00. The average Bonchev–Trinajstić information content (AvgIpc) is 2.80. The van der Waals surface area contributed by atoms with Crippen LogP contribution in [-0.2, 0) is 6.54 Å². The van der Waals surface area contributed by atoms with Crippen LogP contribution in [0.3, 0.4) is 0 Å². The fraction of sp³-hybridized carbons (Fsp3) is 0.0909. The predicted octanol–water partition coefficient (Wildman–Crippen LogP) is 1.85. The molecule has 82 valence electrons. The monoisotopic (exact) mass is 233 g/mol. The summed E-state index contributed by atoms with van der Waals surface area (Å²) >= 11 is 1.66. The highest BCUT2D eigenvalue weighted by Crippen LogP contribution is 2.09. The van der Waals surface area contributed by atoms with Crippen molar-refractivity contribution in [3.63, 3.8) is 0 Å². The van der Waals surface area contributed by atoms with E-state index in [1.165, 1.54) is 11.8 Å². The number of anilines is 1. The van der Waals surface area contributed by atoms with E-state index in [0.29, 0.717) is 5.56 Å². The van der Waals surface area contributed by atoms with Crippen molar-refractivity contribution < 1.29 is 4.79 Å². The van der Waals surface area contributed by atoms with E-state index in [1.54, 1.807) is 23.5 Å². The van der Waals surface area contributed by atoms with Crippen LogP contribution in [0.4, 0.5) is 5.82 Å². The summed E-state index contributed by atoms with van der Waals surface area (Å²) in [6.07, 6.45) is 1.47. The first-order valence-corrected chi connectivity index (χ1v) is 5.71. The van der Waals surface area contributed by atoms with Crippen LogP contribution in [0.5, 0.6) is 0 Å². The number of pyridine rings is 1. The summed E-state index contributed by atoms with van der Waals surface area (Å²) in [4.78, 5) is 14.9. The van der Waals surface area contributed by atoms with Gasteiger partial charge in [-0.15, -0.1) is 0 Å². The van der Waals surface area contributed by atoms with Gasteiger partial charge in [0.05, 0.1) is 5.56 Å². The Bertz CT molecular complexity index is 464. The van der Waals surface area contributed by atoms with Crippen molar-refractivity contribution in [1.82, 2.24) is 4.98 Å². The van der Waals surface area contributed by atoms with Gasteiger partial charge < -0.3 is 11.1 Å². The van der Waals surface area contributed by atoms with Crippen LogP contribution in [0.25, 0.3) is 0 Å². The van der Waals surface area contributed by atoms with Crippen molar-refractivity contribution in [3.05, 3.63) is 46.3 Å². The lowest BCUT2D eigenvalue weighted by Crippen LogP contribution is -2.11. The van der Waals surface area contributed by atoms with Crippen LogP contribution in [-0.4, -0.2) is 10.9 Å². The molecule has 0 aliphatic carbocycles. The minimum Gasteiger partial charge on any atom is -0.366 e. The number of hydrogen-bond acceptors (Lipinski definition) is 4. The number of hydrogen-bond donors (Lipinski definition) is 2. The maximum Gasteiger partial charge on any atom is 0.250 e. The number of nitrogens with zero attached hydrogens (tertiary/aromatic N) is 1. The number of amides is 1. The molecule has 0 saturated heterocycles. The smallest absolute Gasteiger partial charge is 0.250 e. The fourth-order valence-corrected chi connectivity index (χ4v) is 1.90. The molecule has 0 atom stereocenters. The SMILES string of the molecule is NC(=O)c1ccc(NCc2ccsc2)nc1. The Kier molecular flexibility index (Phi) is 3.16. The summed E-state index contributed by atoms with van der Waals surface area (Å²) in [5, 5.41) is 7.26. The van der Waals surface area contributed by atoms with Crippen LogP contribution in [0.15, 0.2) is 35.2 Å². The van der Waals surface area contributed by atoms with Crippen LogP contribution in [0, 0.1) is 0 Å². The van der Waals surface area contributed by atoms with Gasteiger partial charge >= 0.3 is 0 Å². The Labute approximate surface area is 97.1 Å². The molecule has 0 radical (unpaired) electrons. The number of thiophene rings is 1. The normalized spacial score (nSPS) is 10.0. The third-order valence-electron chi connectivity index (χ3n) is 2.10. The predicted molar refractivity (Wildman–Crippen MR) is 64.4 cm³/mol. The largest absolute Gasteiger partial charge is 0.366 e. The Morgan fingerprint density at radius 3 is 2.88 bits per heavy atom. The van der Waals surface area contributed by atoms with E-state index in [-0.39, 0.29) is 0 Å². The van der Waals surface area contributed by atoms with Gasteiger partial charge in [0.15, 0.2) is 0 Å². The first kappa shape index (κ1) is 10.6. The summed E-state index contributed by atoms with van der Waals surface area (Å²) in [6.45, 7) is 0.729. The highest BCUT2D eigenvalue weighted by molar-refractivity contribution is 7.07. The van der Waals surface area contributed by atoms with Gasteiger partial charge in [-0.3, -0.25) is 4.79 Å². The van der Waals surface area contributed by atoms with Crippen LogP contribution in [0.1, 0.15) is 15.9 Å². The lowest BCUT2D eigenvalue weighted by atomic mass is 10.2. The maximum absolute atomic E-state index is 10.8. The molecule has 5 heteroatoms. The van der Waals surface area contributed by atoms with Crippen LogP contribution >= 0.6 is 11.3 Å². The van der Waals surface area contributed by atoms with Crippen molar-refractivity contribution >= 4 is 23.1 Å². The van der Waals surface area contributed by atoms with Gasteiger partial charge in [-0.25, -0.2) is 4.98 Å². The number of nitrogens with one attached hydrogen (secondary N) is 1. The minimum atomic E-state index is -0.461. The minimum absolute atomic E-state index is 0.418. The van der Waals surface area contributed by atoms with E-state index in [2.05, 4.69) is 21.7 Å². The summed E-state index contributed by atoms with van der Waals surface area (Å²) < 4.78 is 0. The Balaban J connectivity index is 1.98. The summed E-state index contributed by atoms with van der Waals surface area (Å²) in [6, 6.07) is 5.45. The summed E-state index contributed by atoms with van der Waals surface area (Å²) in [7, 11) is 0. The fourth-order valence-electron chi connectivity index (χ4n) is 1.23. The van der Waals surface area contributed by atoms with Crippen molar-refractivity contribution in [2.75, 3.05) is 5.32 Å². The number of aromatic nitrogens is 1. The second kappa shape index (κ2) is 4.76. The molecule has 4 nitrogen and oxygen atoms in total. The van der Waals surface area contributed by atoms with Gasteiger partial charge in [-0.05, 0) is 34.5 Å². The molecule has 2 heterocycles. The zero-order chi connectivity index (χ0) is 11.4. The molecule has 0 aliphatic heterocycles. The van der Waals surface area contributed by atoms with E-state index in [0.717, 1.165) is 12.4 Å². The highest BCUT2D eigenvalue weighted by atomic mass is 32.1. The van der Waals surface area contributed by atoms with Crippen LogP contribution in [0.2, 0.25) is 0 Å². The van der Waals surface area contributed by atoms with E-state index in [4.69, 9.17) is 5.73 Å². The molecule has 0 saturated carbocycles. The molecule has 2 aromatic rings. The first-order valence-electron chi connectivity index (χ1n) is 4.76. The van der Waals surface area contributed by atoms with Gasteiger partial charge in [-0.1, -0.05) is 0 Å². The van der Waals surface area contributed by atoms with Crippen molar-refractivity contribution in [2.24, 2.45) is 5.73 Å². The van der Waals surface area contributed by atoms with Gasteiger partial charge in [0.25, 0.3) is 0 Å². The molecule has 2 aromatic heterocycles. The summed E-state index contributed by atoms with van der Waals surface area (Å²) in [5.74, 6) is 0.271. The van der Waals surface area contributed by atoms with E-state index >= 15 is 0 Å². The molecule has 3 N–H and O–H groups in total. The third-order valence-corrected chi connectivity index (χ3v) is 2.83. The molecule has 0 unspecified atom stereocenters. The molecule has 2 rings (SSSR count). The van der Waals surface area contributed by atoms with Gasteiger partial charge in [-0.2, -0.15) is 11.3 Å². The number of nitrogens with two attached hydrogens (primary N) is 1. The lowest BCUT2D eigenvalue weighted by molar-refractivity contribution is 0.1000. The van der Waals surface area contributed by atoms with Gasteiger partial charge in [0, 0.05) is 12.7 Å². The average molecular weight is 233 g/mol. The molecule has 0 fully saturated rings.